The lowest BCUT2D eigenvalue weighted by Crippen LogP contribution is -2.47. The molecule has 1 unspecified atom stereocenters. The van der Waals surface area contributed by atoms with E-state index < -0.39 is 20.8 Å². The molecule has 9 nitrogen and oxygen atoms in total. The maximum Gasteiger partial charge on any atom is 0.276 e. The van der Waals surface area contributed by atoms with Crippen molar-refractivity contribution in [3.63, 3.8) is 0 Å². The van der Waals surface area contributed by atoms with Crippen LogP contribution < -0.4 is 4.90 Å². The molecule has 1 heterocycles. The Balaban J connectivity index is 2.76. The van der Waals surface area contributed by atoms with E-state index in [4.69, 9.17) is 0 Å². The zero-order chi connectivity index (χ0) is 22.5. The summed E-state index contributed by atoms with van der Waals surface area (Å²) in [6.45, 7) is 5.38. The molecule has 168 valence electrons. The summed E-state index contributed by atoms with van der Waals surface area (Å²) in [6.07, 6.45) is 1.76. The molecule has 2 rings (SSSR count). The highest BCUT2D eigenvalue weighted by molar-refractivity contribution is 9.09. The van der Waals surface area contributed by atoms with Gasteiger partial charge in [-0.3, -0.25) is 19.8 Å². The lowest BCUT2D eigenvalue weighted by Gasteiger charge is -2.39. The molecule has 1 amide bonds. The van der Waals surface area contributed by atoms with Gasteiger partial charge in [-0.05, 0) is 12.6 Å². The highest BCUT2D eigenvalue weighted by Crippen LogP contribution is 2.38. The van der Waals surface area contributed by atoms with Gasteiger partial charge in [0.2, 0.25) is 6.41 Å². The van der Waals surface area contributed by atoms with Crippen molar-refractivity contribution in [1.29, 1.82) is 0 Å². The Hall–Kier alpha value is -1.24. The maximum atomic E-state index is 12.5. The molecule has 1 saturated heterocycles. The zero-order valence-corrected chi connectivity index (χ0v) is 20.9. The van der Waals surface area contributed by atoms with Gasteiger partial charge in [-0.15, -0.1) is 0 Å². The first-order valence-corrected chi connectivity index (χ1v) is 13.6. The number of likely N-dealkylation sites (N-methyl/N-ethyl adjacent to an activating group) is 1. The number of nitrogens with zero attached hydrogens (tertiary/aromatic N) is 4. The van der Waals surface area contributed by atoms with Gasteiger partial charge >= 0.3 is 0 Å². The largest absolute Gasteiger partial charge is 0.369 e. The van der Waals surface area contributed by atoms with E-state index in [1.54, 1.807) is 11.0 Å². The second-order valence-electron chi connectivity index (χ2n) is 7.03. The summed E-state index contributed by atoms with van der Waals surface area (Å²) in [4.78, 5) is 28.5. The lowest BCUT2D eigenvalue weighted by atomic mass is 9.99. The first-order valence-electron chi connectivity index (χ1n) is 9.50. The van der Waals surface area contributed by atoms with Crippen molar-refractivity contribution in [3.8, 4) is 0 Å². The standard InChI is InChI=1S/C18H26Br2N4O5S/c1-3-21-8-9-23(13-25)17(12-21)14-10-16(22(6-4-19)7-5-20)18(30(2,28)29)11-15(14)24(26)27/h10-11,13,17H,3-9,12H2,1-2H3. The molecule has 0 saturated carbocycles. The van der Waals surface area contributed by atoms with E-state index in [9.17, 15) is 23.3 Å². The fourth-order valence-corrected chi connectivity index (χ4v) is 5.39. The summed E-state index contributed by atoms with van der Waals surface area (Å²) < 4.78 is 25.0. The van der Waals surface area contributed by atoms with Crippen LogP contribution >= 0.6 is 31.9 Å². The number of carbonyl (C=O) groups excluding carboxylic acids is 1. The van der Waals surface area contributed by atoms with Crippen LogP contribution in [0.25, 0.3) is 0 Å². The van der Waals surface area contributed by atoms with Gasteiger partial charge in [0, 0.05) is 55.7 Å². The SMILES string of the molecule is CCN1CCN(C=O)C(c2cc(N(CCBr)CCBr)c(S(C)(=O)=O)cc2[N+](=O)[O-])C1. The van der Waals surface area contributed by atoms with Crippen molar-refractivity contribution in [2.24, 2.45) is 0 Å². The smallest absolute Gasteiger partial charge is 0.276 e. The van der Waals surface area contributed by atoms with E-state index >= 15 is 0 Å². The Kier molecular flexibility index (Phi) is 9.07. The molecule has 1 aromatic rings. The monoisotopic (exact) mass is 568 g/mol. The minimum absolute atomic E-state index is 0.0827. The number of sulfone groups is 1. The van der Waals surface area contributed by atoms with Crippen LogP contribution in [0.15, 0.2) is 17.0 Å². The molecule has 0 aliphatic carbocycles. The van der Waals surface area contributed by atoms with E-state index in [1.807, 2.05) is 11.8 Å². The normalized spacial score (nSPS) is 17.7. The predicted molar refractivity (Wildman–Crippen MR) is 124 cm³/mol. The minimum atomic E-state index is -3.72. The van der Waals surface area contributed by atoms with Crippen LogP contribution in [0.2, 0.25) is 0 Å². The second kappa shape index (κ2) is 10.9. The Morgan fingerprint density at radius 1 is 1.27 bits per heavy atom. The molecule has 1 aliphatic rings. The van der Waals surface area contributed by atoms with Crippen LogP contribution in [0.5, 0.6) is 0 Å². The maximum absolute atomic E-state index is 12.5. The van der Waals surface area contributed by atoms with Crippen molar-refractivity contribution in [2.75, 3.05) is 61.1 Å². The number of nitro groups is 1. The van der Waals surface area contributed by atoms with E-state index in [2.05, 4.69) is 36.8 Å². The zero-order valence-electron chi connectivity index (χ0n) is 17.0. The third-order valence-electron chi connectivity index (χ3n) is 5.20. The highest BCUT2D eigenvalue weighted by atomic mass is 79.9. The third-order valence-corrected chi connectivity index (χ3v) is 7.04. The molecular formula is C18H26Br2N4O5S. The van der Waals surface area contributed by atoms with Crippen LogP contribution in [0.1, 0.15) is 18.5 Å². The highest BCUT2D eigenvalue weighted by Gasteiger charge is 2.34. The number of amides is 1. The number of alkyl halides is 2. The van der Waals surface area contributed by atoms with Gasteiger partial charge in [0.25, 0.3) is 5.69 Å². The fraction of sp³-hybridized carbons (Fsp3) is 0.611. The number of hydrogen-bond donors (Lipinski definition) is 0. The van der Waals surface area contributed by atoms with Crippen LogP contribution in [0.3, 0.4) is 0 Å². The van der Waals surface area contributed by atoms with Gasteiger partial charge in [-0.2, -0.15) is 0 Å². The molecule has 0 aromatic heterocycles. The van der Waals surface area contributed by atoms with Gasteiger partial charge in [0.15, 0.2) is 9.84 Å². The van der Waals surface area contributed by atoms with Crippen LogP contribution in [-0.4, -0.2) is 85.7 Å². The number of piperazine rings is 1. The fourth-order valence-electron chi connectivity index (χ4n) is 3.64. The van der Waals surface area contributed by atoms with Crippen LogP contribution in [0, 0.1) is 10.1 Å². The van der Waals surface area contributed by atoms with Gasteiger partial charge < -0.3 is 9.80 Å². The number of benzene rings is 1. The summed E-state index contributed by atoms with van der Waals surface area (Å²) in [7, 11) is -3.72. The Labute approximate surface area is 193 Å². The third kappa shape index (κ3) is 5.71. The van der Waals surface area contributed by atoms with Gasteiger partial charge in [0.1, 0.15) is 0 Å². The van der Waals surface area contributed by atoms with Gasteiger partial charge in [-0.1, -0.05) is 38.8 Å². The van der Waals surface area contributed by atoms with Crippen molar-refractivity contribution >= 4 is 59.5 Å². The predicted octanol–water partition coefficient (Wildman–Crippen LogP) is 2.43. The Bertz CT molecular complexity index is 878. The Morgan fingerprint density at radius 3 is 2.37 bits per heavy atom. The first kappa shape index (κ1) is 25.0. The number of nitro benzene ring substituents is 1. The summed E-state index contributed by atoms with van der Waals surface area (Å²) in [5, 5.41) is 13.1. The van der Waals surface area contributed by atoms with E-state index in [0.717, 1.165) is 18.9 Å². The van der Waals surface area contributed by atoms with Crippen molar-refractivity contribution in [1.82, 2.24) is 9.80 Å². The van der Waals surface area contributed by atoms with Crippen molar-refractivity contribution < 1.29 is 18.1 Å². The molecule has 0 bridgehead atoms. The van der Waals surface area contributed by atoms with Crippen LogP contribution in [-0.2, 0) is 14.6 Å². The summed E-state index contributed by atoms with van der Waals surface area (Å²) in [5.41, 5.74) is 0.477. The number of rotatable bonds is 10. The molecule has 1 fully saturated rings. The lowest BCUT2D eigenvalue weighted by molar-refractivity contribution is -0.386. The molecule has 1 aliphatic heterocycles. The Morgan fingerprint density at radius 2 is 1.90 bits per heavy atom. The van der Waals surface area contributed by atoms with Crippen molar-refractivity contribution in [2.45, 2.75) is 17.9 Å². The number of halogens is 2. The molecule has 0 N–H and O–H groups in total. The molecular weight excluding hydrogens is 544 g/mol. The summed E-state index contributed by atoms with van der Waals surface area (Å²) >= 11 is 6.77. The number of anilines is 1. The number of carbonyl (C=O) groups is 1. The average Bonchev–Trinajstić information content (AvgIpc) is 2.71. The molecule has 30 heavy (non-hydrogen) atoms. The van der Waals surface area contributed by atoms with Gasteiger partial charge in [-0.25, -0.2) is 8.42 Å². The summed E-state index contributed by atoms with van der Waals surface area (Å²) in [6, 6.07) is 2.20. The average molecular weight is 570 g/mol. The van der Waals surface area contributed by atoms with Gasteiger partial charge in [0.05, 0.1) is 27.1 Å². The topological polar surface area (TPSA) is 104 Å². The molecule has 1 atom stereocenters. The molecule has 1 aromatic carbocycles. The molecule has 0 radical (unpaired) electrons. The first-order chi connectivity index (χ1) is 14.2. The van der Waals surface area contributed by atoms with Crippen LogP contribution in [0.4, 0.5) is 11.4 Å². The number of hydrogen-bond acceptors (Lipinski definition) is 7. The molecule has 0 spiro atoms. The van der Waals surface area contributed by atoms with E-state index in [1.165, 1.54) is 0 Å². The summed E-state index contributed by atoms with van der Waals surface area (Å²) in [5.74, 6) is 0. The van der Waals surface area contributed by atoms with E-state index in [0.29, 0.717) is 61.0 Å². The molecule has 12 heteroatoms. The quantitative estimate of drug-likeness (QED) is 0.184. The van der Waals surface area contributed by atoms with E-state index in [-0.39, 0.29) is 10.6 Å². The van der Waals surface area contributed by atoms with Crippen molar-refractivity contribution in [3.05, 3.63) is 27.8 Å². The second-order valence-corrected chi connectivity index (χ2v) is 10.6. The minimum Gasteiger partial charge on any atom is -0.369 e.